The Morgan fingerprint density at radius 1 is 1.32 bits per heavy atom. The first-order chi connectivity index (χ1) is 9.33. The molecule has 1 heterocycles. The average molecular weight is 338 g/mol. The first kappa shape index (κ1) is 13.2. The molecule has 0 bridgehead atoms. The van der Waals surface area contributed by atoms with Crippen LogP contribution in [0.2, 0.25) is 0 Å². The fraction of sp³-hybridized carbons (Fsp3) is 0.429. The Balaban J connectivity index is 1.58. The molecule has 1 aliphatic carbocycles. The Labute approximate surface area is 126 Å². The van der Waals surface area contributed by atoms with E-state index in [1.165, 1.54) is 19.3 Å². The van der Waals surface area contributed by atoms with Crippen LogP contribution in [0.1, 0.15) is 24.8 Å². The molecule has 100 valence electrons. The zero-order valence-corrected chi connectivity index (χ0v) is 12.9. The maximum atomic E-state index is 4.72. The zero-order chi connectivity index (χ0) is 13.1. The second-order valence-electron chi connectivity index (χ2n) is 4.81. The minimum atomic E-state index is 0.456. The van der Waals surface area contributed by atoms with Crippen molar-refractivity contribution in [1.29, 1.82) is 0 Å². The molecule has 1 aromatic rings. The highest BCUT2D eigenvalue weighted by molar-refractivity contribution is 9.09. The topological polar surface area (TPSA) is 36.8 Å². The van der Waals surface area contributed by atoms with E-state index in [0.717, 1.165) is 10.7 Å². The molecule has 3 rings (SSSR count). The van der Waals surface area contributed by atoms with Crippen molar-refractivity contribution in [3.63, 3.8) is 0 Å². The summed E-state index contributed by atoms with van der Waals surface area (Å²) in [6, 6.07) is 10.5. The fourth-order valence-electron chi connectivity index (χ4n) is 2.45. The number of hydrogen-bond acceptors (Lipinski definition) is 4. The van der Waals surface area contributed by atoms with Gasteiger partial charge in [-0.2, -0.15) is 5.10 Å². The molecule has 0 amide bonds. The maximum absolute atomic E-state index is 4.72. The number of thioether (sulfide) groups is 1. The summed E-state index contributed by atoms with van der Waals surface area (Å²) in [5.74, 6) is 0. The van der Waals surface area contributed by atoms with Crippen LogP contribution in [0.5, 0.6) is 0 Å². The van der Waals surface area contributed by atoms with Gasteiger partial charge in [0.05, 0.1) is 12.3 Å². The van der Waals surface area contributed by atoms with Crippen LogP contribution in [0.4, 0.5) is 0 Å². The van der Waals surface area contributed by atoms with Crippen molar-refractivity contribution in [2.24, 2.45) is 10.1 Å². The number of benzene rings is 1. The van der Waals surface area contributed by atoms with Crippen LogP contribution in [0.15, 0.2) is 40.4 Å². The SMILES string of the molecule is BrC1CCCC2N=C(N/N=C/c3ccccc3)SC12. The fourth-order valence-corrected chi connectivity index (χ4v) is 4.65. The first-order valence-corrected chi connectivity index (χ1v) is 8.35. The van der Waals surface area contributed by atoms with Crippen molar-refractivity contribution < 1.29 is 0 Å². The highest BCUT2D eigenvalue weighted by atomic mass is 79.9. The number of rotatable bonds is 2. The number of fused-ring (bicyclic) bond motifs is 1. The zero-order valence-electron chi connectivity index (χ0n) is 10.5. The monoisotopic (exact) mass is 337 g/mol. The molecule has 1 N–H and O–H groups in total. The Morgan fingerprint density at radius 3 is 2.95 bits per heavy atom. The van der Waals surface area contributed by atoms with Gasteiger partial charge in [-0.25, -0.2) is 0 Å². The molecule has 1 fully saturated rings. The van der Waals surface area contributed by atoms with Crippen LogP contribution in [0, 0.1) is 0 Å². The minimum absolute atomic E-state index is 0.456. The smallest absolute Gasteiger partial charge is 0.177 e. The summed E-state index contributed by atoms with van der Waals surface area (Å²) in [7, 11) is 0. The number of hydrogen-bond donors (Lipinski definition) is 1. The van der Waals surface area contributed by atoms with E-state index >= 15 is 0 Å². The third kappa shape index (κ3) is 3.20. The molecule has 1 aromatic carbocycles. The average Bonchev–Trinajstić information content (AvgIpc) is 2.84. The summed E-state index contributed by atoms with van der Waals surface area (Å²) in [4.78, 5) is 5.30. The number of alkyl halides is 1. The number of amidine groups is 1. The van der Waals surface area contributed by atoms with Crippen LogP contribution in [-0.4, -0.2) is 27.5 Å². The number of nitrogens with one attached hydrogen (secondary N) is 1. The summed E-state index contributed by atoms with van der Waals surface area (Å²) >= 11 is 5.58. The molecule has 5 heteroatoms. The van der Waals surface area contributed by atoms with Crippen LogP contribution < -0.4 is 5.43 Å². The normalized spacial score (nSPS) is 30.2. The number of hydrazone groups is 1. The third-order valence-electron chi connectivity index (χ3n) is 3.42. The van der Waals surface area contributed by atoms with Gasteiger partial charge in [-0.3, -0.25) is 10.4 Å². The summed E-state index contributed by atoms with van der Waals surface area (Å²) in [5.41, 5.74) is 4.16. The van der Waals surface area contributed by atoms with Crippen molar-refractivity contribution in [2.75, 3.05) is 0 Å². The van der Waals surface area contributed by atoms with Crippen LogP contribution in [0.3, 0.4) is 0 Å². The lowest BCUT2D eigenvalue weighted by molar-refractivity contribution is 0.475. The van der Waals surface area contributed by atoms with Crippen molar-refractivity contribution in [3.8, 4) is 0 Å². The standard InChI is InChI=1S/C14H16BrN3S/c15-11-7-4-8-12-13(11)19-14(17-12)18-16-9-10-5-2-1-3-6-10/h1-3,5-6,9,11-13H,4,7-8H2,(H,17,18)/b16-9+. The van der Waals surface area contributed by atoms with Gasteiger partial charge in [-0.1, -0.05) is 64.4 Å². The number of nitrogens with zero attached hydrogens (tertiary/aromatic N) is 2. The molecule has 1 saturated carbocycles. The van der Waals surface area contributed by atoms with E-state index in [9.17, 15) is 0 Å². The van der Waals surface area contributed by atoms with Crippen LogP contribution in [0.25, 0.3) is 0 Å². The van der Waals surface area contributed by atoms with Gasteiger partial charge in [-0.05, 0) is 18.4 Å². The lowest BCUT2D eigenvalue weighted by Crippen LogP contribution is -2.31. The summed E-state index contributed by atoms with van der Waals surface area (Å²) in [6.07, 6.45) is 5.55. The molecule has 3 atom stereocenters. The van der Waals surface area contributed by atoms with E-state index in [0.29, 0.717) is 16.1 Å². The van der Waals surface area contributed by atoms with Crippen LogP contribution in [-0.2, 0) is 0 Å². The van der Waals surface area contributed by atoms with Crippen molar-refractivity contribution in [3.05, 3.63) is 35.9 Å². The number of halogens is 1. The van der Waals surface area contributed by atoms with Gasteiger partial charge in [-0.15, -0.1) is 0 Å². The van der Waals surface area contributed by atoms with E-state index in [2.05, 4.69) is 26.5 Å². The summed E-state index contributed by atoms with van der Waals surface area (Å²) in [5, 5.41) is 5.79. The Morgan fingerprint density at radius 2 is 2.16 bits per heavy atom. The van der Waals surface area contributed by atoms with E-state index in [-0.39, 0.29) is 0 Å². The molecule has 3 nitrogen and oxygen atoms in total. The van der Waals surface area contributed by atoms with Gasteiger partial charge < -0.3 is 0 Å². The molecule has 3 unspecified atom stereocenters. The van der Waals surface area contributed by atoms with Crippen molar-refractivity contribution in [1.82, 2.24) is 5.43 Å². The van der Waals surface area contributed by atoms with E-state index in [1.807, 2.05) is 48.3 Å². The molecular formula is C14H16BrN3S. The van der Waals surface area contributed by atoms with E-state index in [4.69, 9.17) is 4.99 Å². The Kier molecular flexibility index (Phi) is 4.23. The highest BCUT2D eigenvalue weighted by Crippen LogP contribution is 2.39. The lowest BCUT2D eigenvalue weighted by Gasteiger charge is -2.27. The quantitative estimate of drug-likeness (QED) is 0.510. The lowest BCUT2D eigenvalue weighted by atomic mass is 9.95. The molecule has 0 radical (unpaired) electrons. The maximum Gasteiger partial charge on any atom is 0.177 e. The largest absolute Gasteiger partial charge is 0.257 e. The minimum Gasteiger partial charge on any atom is -0.257 e. The highest BCUT2D eigenvalue weighted by Gasteiger charge is 2.37. The first-order valence-electron chi connectivity index (χ1n) is 6.55. The van der Waals surface area contributed by atoms with Crippen molar-refractivity contribution in [2.45, 2.75) is 35.4 Å². The van der Waals surface area contributed by atoms with Crippen molar-refractivity contribution >= 4 is 39.1 Å². The molecule has 0 saturated heterocycles. The van der Waals surface area contributed by atoms with Gasteiger partial charge in [0.25, 0.3) is 0 Å². The van der Waals surface area contributed by atoms with Crippen LogP contribution >= 0.6 is 27.7 Å². The van der Waals surface area contributed by atoms with E-state index < -0.39 is 0 Å². The van der Waals surface area contributed by atoms with Gasteiger partial charge >= 0.3 is 0 Å². The third-order valence-corrected chi connectivity index (χ3v) is 6.13. The van der Waals surface area contributed by atoms with Gasteiger partial charge in [0.1, 0.15) is 0 Å². The molecule has 2 aliphatic rings. The molecule has 0 aromatic heterocycles. The van der Waals surface area contributed by atoms with Gasteiger partial charge in [0, 0.05) is 10.1 Å². The predicted octanol–water partition coefficient (Wildman–Crippen LogP) is 3.40. The predicted molar refractivity (Wildman–Crippen MR) is 86.3 cm³/mol. The second-order valence-corrected chi connectivity index (χ2v) is 7.15. The Hall–Kier alpha value is -0.810. The second kappa shape index (κ2) is 6.09. The summed E-state index contributed by atoms with van der Waals surface area (Å²) < 4.78 is 0. The summed E-state index contributed by atoms with van der Waals surface area (Å²) in [6.45, 7) is 0. The Bertz CT molecular complexity index is 489. The number of aliphatic imine (C=N–C) groups is 1. The van der Waals surface area contributed by atoms with Gasteiger partial charge in [0.15, 0.2) is 5.17 Å². The molecule has 19 heavy (non-hydrogen) atoms. The van der Waals surface area contributed by atoms with E-state index in [1.54, 1.807) is 0 Å². The molecule has 1 aliphatic heterocycles. The molecule has 0 spiro atoms. The molecular weight excluding hydrogens is 322 g/mol. The van der Waals surface area contributed by atoms with Gasteiger partial charge in [0.2, 0.25) is 0 Å².